The van der Waals surface area contributed by atoms with Gasteiger partial charge in [0.1, 0.15) is 18.0 Å². The first-order valence-electron chi connectivity index (χ1n) is 6.23. The second kappa shape index (κ2) is 8.72. The maximum atomic E-state index is 9.55. The van der Waals surface area contributed by atoms with Gasteiger partial charge >= 0.3 is 11.9 Å². The number of carbonyl (C=O) groups is 2. The minimum absolute atomic E-state index is 0.109. The number of hydrogen-bond acceptors (Lipinski definition) is 5. The van der Waals surface area contributed by atoms with E-state index in [-0.39, 0.29) is 12.2 Å². The van der Waals surface area contributed by atoms with E-state index >= 15 is 0 Å². The van der Waals surface area contributed by atoms with Crippen molar-refractivity contribution in [2.75, 3.05) is 13.1 Å². The van der Waals surface area contributed by atoms with E-state index in [4.69, 9.17) is 14.9 Å². The topological polar surface area (TPSA) is 116 Å². The Balaban J connectivity index is 0.000000240. The van der Waals surface area contributed by atoms with Crippen LogP contribution in [0.2, 0.25) is 0 Å². The highest BCUT2D eigenvalue weighted by Gasteiger charge is 2.26. The molecule has 1 saturated heterocycles. The van der Waals surface area contributed by atoms with Crippen LogP contribution >= 0.6 is 0 Å². The molecule has 0 bridgehead atoms. The van der Waals surface area contributed by atoms with Crippen molar-refractivity contribution in [2.24, 2.45) is 0 Å². The Morgan fingerprint density at radius 3 is 2.10 bits per heavy atom. The van der Waals surface area contributed by atoms with Gasteiger partial charge < -0.3 is 25.4 Å². The lowest BCUT2D eigenvalue weighted by atomic mass is 10.2. The fourth-order valence-electron chi connectivity index (χ4n) is 1.58. The Hall–Kier alpha value is -2.38. The lowest BCUT2D eigenvalue weighted by Crippen LogP contribution is -2.29. The maximum absolute atomic E-state index is 9.55. The van der Waals surface area contributed by atoms with Gasteiger partial charge in [0.15, 0.2) is 0 Å². The van der Waals surface area contributed by atoms with Crippen LogP contribution in [0.4, 0.5) is 0 Å². The smallest absolute Gasteiger partial charge is 0.328 e. The molecule has 1 aromatic rings. The number of ether oxygens (including phenoxy) is 1. The molecule has 0 aliphatic carbocycles. The summed E-state index contributed by atoms with van der Waals surface area (Å²) >= 11 is 0. The number of hydrogen-bond donors (Lipinski definition) is 4. The van der Waals surface area contributed by atoms with Crippen LogP contribution in [0.1, 0.15) is 0 Å². The van der Waals surface area contributed by atoms with Crippen molar-refractivity contribution in [3.05, 3.63) is 42.5 Å². The van der Waals surface area contributed by atoms with Gasteiger partial charge in [0.05, 0.1) is 0 Å². The van der Waals surface area contributed by atoms with Gasteiger partial charge in [-0.05, 0) is 12.1 Å². The summed E-state index contributed by atoms with van der Waals surface area (Å²) in [6.07, 6.45) is 0.618. The molecule has 0 amide bonds. The molecule has 4 N–H and O–H groups in total. The molecule has 1 fully saturated rings. The van der Waals surface area contributed by atoms with Crippen molar-refractivity contribution in [3.8, 4) is 5.75 Å². The van der Waals surface area contributed by atoms with Crippen LogP contribution in [0.15, 0.2) is 42.5 Å². The summed E-state index contributed by atoms with van der Waals surface area (Å²) in [6.45, 7) is 1.34. The van der Waals surface area contributed by atoms with Crippen LogP contribution in [-0.2, 0) is 9.59 Å². The molecule has 0 spiro atoms. The lowest BCUT2D eigenvalue weighted by molar-refractivity contribution is -0.134. The average molecular weight is 295 g/mol. The van der Waals surface area contributed by atoms with Crippen molar-refractivity contribution >= 4 is 11.9 Å². The molecule has 1 aliphatic rings. The molecular formula is C14H17NO6. The standard InChI is InChI=1S/C10H13NO2.C4H4O4/c12-9-6-11-7-10(9)13-8-4-2-1-3-5-8;5-3(6)1-2-4(7)8/h1-5,9-12H,6-7H2;1-2H,(H,5,6)(H,7,8)/t9-,10-;/m1./s1. The number of β-amino-alcohol motifs (C(OH)–C–C–N with tert-alkyl or cyclic N) is 1. The Morgan fingerprint density at radius 1 is 1.10 bits per heavy atom. The Morgan fingerprint density at radius 2 is 1.67 bits per heavy atom. The fourth-order valence-corrected chi connectivity index (χ4v) is 1.58. The second-order valence-electron chi connectivity index (χ2n) is 4.20. The highest BCUT2D eigenvalue weighted by molar-refractivity contribution is 5.89. The van der Waals surface area contributed by atoms with Crippen molar-refractivity contribution in [3.63, 3.8) is 0 Å². The SMILES string of the molecule is O=C(O)C=CC(=O)O.O[C@@H]1CNC[C@H]1Oc1ccccc1. The molecular weight excluding hydrogens is 278 g/mol. The lowest BCUT2D eigenvalue weighted by Gasteiger charge is -2.15. The maximum Gasteiger partial charge on any atom is 0.328 e. The van der Waals surface area contributed by atoms with E-state index in [1.54, 1.807) is 0 Å². The molecule has 1 aromatic carbocycles. The molecule has 0 unspecified atom stereocenters. The first kappa shape index (κ1) is 16.7. The third kappa shape index (κ3) is 7.09. The van der Waals surface area contributed by atoms with E-state index in [0.29, 0.717) is 18.7 Å². The van der Waals surface area contributed by atoms with Crippen LogP contribution in [0.5, 0.6) is 5.75 Å². The zero-order chi connectivity index (χ0) is 15.7. The predicted octanol–water partition coefficient (Wildman–Crippen LogP) is 0.110. The molecule has 1 heterocycles. The van der Waals surface area contributed by atoms with Gasteiger partial charge in [-0.1, -0.05) is 18.2 Å². The molecule has 0 saturated carbocycles. The third-order valence-electron chi connectivity index (χ3n) is 2.53. The van der Waals surface area contributed by atoms with E-state index in [0.717, 1.165) is 12.3 Å². The molecule has 2 rings (SSSR count). The number of carboxylic acids is 2. The van der Waals surface area contributed by atoms with Gasteiger partial charge in [-0.15, -0.1) is 0 Å². The van der Waals surface area contributed by atoms with Crippen LogP contribution < -0.4 is 10.1 Å². The Labute approximate surface area is 121 Å². The first-order valence-corrected chi connectivity index (χ1v) is 6.23. The Kier molecular flexibility index (Phi) is 6.93. The molecule has 7 heteroatoms. The number of carboxylic acid groups (broad SMARTS) is 2. The minimum Gasteiger partial charge on any atom is -0.486 e. The molecule has 0 aromatic heterocycles. The predicted molar refractivity (Wildman–Crippen MR) is 74.1 cm³/mol. The number of aliphatic carboxylic acids is 2. The number of benzene rings is 1. The van der Waals surface area contributed by atoms with Crippen LogP contribution in [-0.4, -0.2) is 52.6 Å². The summed E-state index contributed by atoms with van der Waals surface area (Å²) < 4.78 is 5.58. The summed E-state index contributed by atoms with van der Waals surface area (Å²) in [6, 6.07) is 9.57. The number of nitrogens with one attached hydrogen (secondary N) is 1. The van der Waals surface area contributed by atoms with Gasteiger partial charge in [-0.25, -0.2) is 9.59 Å². The van der Waals surface area contributed by atoms with Gasteiger partial charge in [-0.2, -0.15) is 0 Å². The van der Waals surface area contributed by atoms with E-state index in [1.807, 2.05) is 30.3 Å². The molecule has 2 atom stereocenters. The van der Waals surface area contributed by atoms with Crippen LogP contribution in [0.25, 0.3) is 0 Å². The highest BCUT2D eigenvalue weighted by Crippen LogP contribution is 2.14. The van der Waals surface area contributed by atoms with Crippen molar-refractivity contribution in [2.45, 2.75) is 12.2 Å². The highest BCUT2D eigenvalue weighted by atomic mass is 16.5. The van der Waals surface area contributed by atoms with Crippen molar-refractivity contribution in [1.82, 2.24) is 5.32 Å². The van der Waals surface area contributed by atoms with Crippen molar-refractivity contribution < 1.29 is 29.6 Å². The first-order chi connectivity index (χ1) is 9.99. The molecule has 21 heavy (non-hydrogen) atoms. The van der Waals surface area contributed by atoms with Gasteiger partial charge in [0, 0.05) is 25.2 Å². The van der Waals surface area contributed by atoms with Crippen molar-refractivity contribution in [1.29, 1.82) is 0 Å². The van der Waals surface area contributed by atoms with E-state index in [2.05, 4.69) is 5.32 Å². The van der Waals surface area contributed by atoms with Gasteiger partial charge in [0.2, 0.25) is 0 Å². The van der Waals surface area contributed by atoms with Gasteiger partial charge in [0.25, 0.3) is 0 Å². The number of para-hydroxylation sites is 1. The normalized spacial score (nSPS) is 20.6. The monoisotopic (exact) mass is 295 g/mol. The summed E-state index contributed by atoms with van der Waals surface area (Å²) in [5.74, 6) is -1.70. The molecule has 1 aliphatic heterocycles. The third-order valence-corrected chi connectivity index (χ3v) is 2.53. The van der Waals surface area contributed by atoms with Crippen LogP contribution in [0, 0.1) is 0 Å². The second-order valence-corrected chi connectivity index (χ2v) is 4.20. The number of rotatable bonds is 4. The van der Waals surface area contributed by atoms with Crippen LogP contribution in [0.3, 0.4) is 0 Å². The minimum atomic E-state index is -1.26. The zero-order valence-corrected chi connectivity index (χ0v) is 11.2. The van der Waals surface area contributed by atoms with Gasteiger partial charge in [-0.3, -0.25) is 0 Å². The summed E-state index contributed by atoms with van der Waals surface area (Å²) in [7, 11) is 0. The average Bonchev–Trinajstić information content (AvgIpc) is 2.84. The number of aliphatic hydroxyl groups is 1. The van der Waals surface area contributed by atoms with E-state index < -0.39 is 11.9 Å². The summed E-state index contributed by atoms with van der Waals surface area (Å²) in [5, 5.41) is 28.2. The largest absolute Gasteiger partial charge is 0.486 e. The summed E-state index contributed by atoms with van der Waals surface area (Å²) in [4.78, 5) is 19.1. The fraction of sp³-hybridized carbons (Fsp3) is 0.286. The van der Waals surface area contributed by atoms with E-state index in [1.165, 1.54) is 0 Å². The number of aliphatic hydroxyl groups excluding tert-OH is 1. The zero-order valence-electron chi connectivity index (χ0n) is 11.2. The quantitative estimate of drug-likeness (QED) is 0.582. The molecule has 114 valence electrons. The van der Waals surface area contributed by atoms with E-state index in [9.17, 15) is 14.7 Å². The molecule has 7 nitrogen and oxygen atoms in total. The Bertz CT molecular complexity index is 471. The summed E-state index contributed by atoms with van der Waals surface area (Å²) in [5.41, 5.74) is 0. The molecule has 0 radical (unpaired) electrons.